The van der Waals surface area contributed by atoms with Crippen molar-refractivity contribution in [2.45, 2.75) is 6.48 Å². The third-order valence-corrected chi connectivity index (χ3v) is 0.789. The first-order valence-corrected chi connectivity index (χ1v) is 2.46. The molecule has 0 aliphatic carbocycles. The maximum Gasteiger partial charge on any atom is 0.362 e. The molecule has 0 aromatic carbocycles. The molecule has 5 nitrogen and oxygen atoms in total. The molecular formula is C5H4O5. The summed E-state index contributed by atoms with van der Waals surface area (Å²) in [6.07, 6.45) is 1.75. The Morgan fingerprint density at radius 3 is 2.00 bits per heavy atom. The largest absolute Gasteiger partial charge is 0.397 e. The first kappa shape index (κ1) is 6.76. The molecule has 1 aliphatic rings. The van der Waals surface area contributed by atoms with Gasteiger partial charge in [0.25, 0.3) is 0 Å². The standard InChI is InChI=1S/C5H4O5/c6-3-1-2-4(7)10-5(8)9-3/h1-2,5,8H. The van der Waals surface area contributed by atoms with E-state index in [0.717, 1.165) is 12.2 Å². The number of hydrogen-bond acceptors (Lipinski definition) is 5. The van der Waals surface area contributed by atoms with Crippen LogP contribution in [0, 0.1) is 0 Å². The molecule has 0 atom stereocenters. The van der Waals surface area contributed by atoms with Gasteiger partial charge in [-0.25, -0.2) is 9.59 Å². The van der Waals surface area contributed by atoms with Gasteiger partial charge in [-0.15, -0.1) is 0 Å². The summed E-state index contributed by atoms with van der Waals surface area (Å²) < 4.78 is 8.14. The molecule has 0 unspecified atom stereocenters. The van der Waals surface area contributed by atoms with Crippen LogP contribution in [-0.2, 0) is 19.1 Å². The molecule has 54 valence electrons. The second-order valence-electron chi connectivity index (χ2n) is 1.51. The smallest absolute Gasteiger partial charge is 0.362 e. The SMILES string of the molecule is O=C1C=CC(=O)OC(O)O1. The van der Waals surface area contributed by atoms with Crippen molar-refractivity contribution in [3.63, 3.8) is 0 Å². The highest BCUT2D eigenvalue weighted by Gasteiger charge is 2.16. The van der Waals surface area contributed by atoms with Crippen LogP contribution in [0.2, 0.25) is 0 Å². The fraction of sp³-hybridized carbons (Fsp3) is 0.200. The van der Waals surface area contributed by atoms with Crippen molar-refractivity contribution in [3.8, 4) is 0 Å². The fourth-order valence-corrected chi connectivity index (χ4v) is 0.437. The van der Waals surface area contributed by atoms with Gasteiger partial charge in [0.15, 0.2) is 0 Å². The van der Waals surface area contributed by atoms with E-state index in [2.05, 4.69) is 9.47 Å². The Labute approximate surface area is 55.8 Å². The predicted octanol–water partition coefficient (Wildman–Crippen LogP) is -1.08. The molecule has 0 spiro atoms. The number of rotatable bonds is 0. The first-order chi connectivity index (χ1) is 4.68. The second-order valence-corrected chi connectivity index (χ2v) is 1.51. The van der Waals surface area contributed by atoms with E-state index in [9.17, 15) is 9.59 Å². The van der Waals surface area contributed by atoms with Crippen LogP contribution in [0.4, 0.5) is 0 Å². The lowest BCUT2D eigenvalue weighted by molar-refractivity contribution is -0.238. The first-order valence-electron chi connectivity index (χ1n) is 2.46. The highest BCUT2D eigenvalue weighted by Crippen LogP contribution is 1.98. The molecule has 0 fully saturated rings. The average molecular weight is 144 g/mol. The van der Waals surface area contributed by atoms with E-state index in [1.165, 1.54) is 0 Å². The number of carbonyl (C=O) groups excluding carboxylic acids is 2. The van der Waals surface area contributed by atoms with E-state index in [-0.39, 0.29) is 0 Å². The Morgan fingerprint density at radius 1 is 1.20 bits per heavy atom. The van der Waals surface area contributed by atoms with Crippen molar-refractivity contribution >= 4 is 11.9 Å². The summed E-state index contributed by atoms with van der Waals surface area (Å²) in [4.78, 5) is 20.7. The Hall–Kier alpha value is -1.36. The molecule has 0 saturated heterocycles. The molecule has 1 rings (SSSR count). The van der Waals surface area contributed by atoms with Gasteiger partial charge in [-0.05, 0) is 0 Å². The Balaban J connectivity index is 2.69. The normalized spacial score (nSPS) is 19.7. The summed E-state index contributed by atoms with van der Waals surface area (Å²) in [6.45, 7) is -1.78. The summed E-state index contributed by atoms with van der Waals surface area (Å²) in [7, 11) is 0. The van der Waals surface area contributed by atoms with E-state index in [1.807, 2.05) is 0 Å². The van der Waals surface area contributed by atoms with E-state index in [0.29, 0.717) is 0 Å². The van der Waals surface area contributed by atoms with E-state index < -0.39 is 18.4 Å². The van der Waals surface area contributed by atoms with Crippen molar-refractivity contribution in [3.05, 3.63) is 12.2 Å². The van der Waals surface area contributed by atoms with Gasteiger partial charge in [0.2, 0.25) is 0 Å². The molecule has 1 aliphatic heterocycles. The van der Waals surface area contributed by atoms with Crippen molar-refractivity contribution in [2.24, 2.45) is 0 Å². The number of carbonyl (C=O) groups is 2. The third kappa shape index (κ3) is 1.56. The van der Waals surface area contributed by atoms with Crippen molar-refractivity contribution < 1.29 is 24.2 Å². The molecule has 1 N–H and O–H groups in total. The van der Waals surface area contributed by atoms with Gasteiger partial charge in [-0.3, -0.25) is 0 Å². The van der Waals surface area contributed by atoms with E-state index >= 15 is 0 Å². The molecule has 0 aromatic rings. The van der Waals surface area contributed by atoms with Crippen LogP contribution in [0.5, 0.6) is 0 Å². The quantitative estimate of drug-likeness (QED) is 0.438. The molecule has 0 aromatic heterocycles. The van der Waals surface area contributed by atoms with Crippen LogP contribution in [0.15, 0.2) is 12.2 Å². The monoisotopic (exact) mass is 144 g/mol. The Kier molecular flexibility index (Phi) is 1.68. The maximum atomic E-state index is 10.3. The third-order valence-electron chi connectivity index (χ3n) is 0.789. The van der Waals surface area contributed by atoms with Crippen molar-refractivity contribution in [2.75, 3.05) is 0 Å². The lowest BCUT2D eigenvalue weighted by Crippen LogP contribution is -2.19. The maximum absolute atomic E-state index is 10.3. The zero-order valence-corrected chi connectivity index (χ0v) is 4.81. The summed E-state index contributed by atoms with van der Waals surface area (Å²) >= 11 is 0. The van der Waals surface area contributed by atoms with Crippen LogP contribution in [-0.4, -0.2) is 23.5 Å². The highest BCUT2D eigenvalue weighted by atomic mass is 16.8. The molecule has 0 amide bonds. The minimum Gasteiger partial charge on any atom is -0.397 e. The van der Waals surface area contributed by atoms with Gasteiger partial charge in [-0.2, -0.15) is 0 Å². The van der Waals surface area contributed by atoms with Gasteiger partial charge in [-0.1, -0.05) is 0 Å². The predicted molar refractivity (Wildman–Crippen MR) is 27.3 cm³/mol. The van der Waals surface area contributed by atoms with Gasteiger partial charge in [0.1, 0.15) is 0 Å². The van der Waals surface area contributed by atoms with Crippen LogP contribution < -0.4 is 0 Å². The number of aliphatic hydroxyl groups excluding tert-OH is 1. The number of ether oxygens (including phenoxy) is 2. The second kappa shape index (κ2) is 2.49. The molecule has 1 heterocycles. The number of cyclic esters (lactones) is 2. The Morgan fingerprint density at radius 2 is 1.60 bits per heavy atom. The van der Waals surface area contributed by atoms with Gasteiger partial charge in [0.05, 0.1) is 0 Å². The van der Waals surface area contributed by atoms with Gasteiger partial charge >= 0.3 is 18.4 Å². The van der Waals surface area contributed by atoms with Crippen molar-refractivity contribution in [1.82, 2.24) is 0 Å². The lowest BCUT2D eigenvalue weighted by atomic mass is 10.5. The zero-order valence-electron chi connectivity index (χ0n) is 4.81. The highest BCUT2D eigenvalue weighted by molar-refractivity contribution is 5.92. The van der Waals surface area contributed by atoms with Crippen LogP contribution >= 0.6 is 0 Å². The molecule has 0 saturated carbocycles. The summed E-state index contributed by atoms with van der Waals surface area (Å²) in [5.41, 5.74) is 0. The van der Waals surface area contributed by atoms with Crippen molar-refractivity contribution in [1.29, 1.82) is 0 Å². The van der Waals surface area contributed by atoms with Crippen LogP contribution in [0.25, 0.3) is 0 Å². The Bertz CT molecular complexity index is 174. The van der Waals surface area contributed by atoms with E-state index in [4.69, 9.17) is 5.11 Å². The minimum absolute atomic E-state index is 0.807. The average Bonchev–Trinajstić information content (AvgIpc) is 1.93. The van der Waals surface area contributed by atoms with Gasteiger partial charge in [0, 0.05) is 12.2 Å². The number of aliphatic hydroxyl groups is 1. The number of hydrogen-bond donors (Lipinski definition) is 1. The summed E-state index contributed by atoms with van der Waals surface area (Å²) in [6, 6.07) is 0. The van der Waals surface area contributed by atoms with Crippen LogP contribution in [0.3, 0.4) is 0 Å². The van der Waals surface area contributed by atoms with Gasteiger partial charge < -0.3 is 14.6 Å². The summed E-state index contributed by atoms with van der Waals surface area (Å²) in [5.74, 6) is -1.61. The summed E-state index contributed by atoms with van der Waals surface area (Å²) in [5, 5.41) is 8.50. The topological polar surface area (TPSA) is 72.8 Å². The molecule has 0 radical (unpaired) electrons. The fourth-order valence-electron chi connectivity index (χ4n) is 0.437. The molecule has 0 bridgehead atoms. The van der Waals surface area contributed by atoms with E-state index in [1.54, 1.807) is 0 Å². The molecule has 10 heavy (non-hydrogen) atoms. The lowest BCUT2D eigenvalue weighted by Gasteiger charge is -2.05. The van der Waals surface area contributed by atoms with Crippen LogP contribution in [0.1, 0.15) is 0 Å². The minimum atomic E-state index is -1.78. The zero-order chi connectivity index (χ0) is 7.56. The number of esters is 2. The molecule has 5 heteroatoms. The molecular weight excluding hydrogens is 140 g/mol.